The first-order valence-electron chi connectivity index (χ1n) is 5.64. The number of carboxylic acids is 1. The van der Waals surface area contributed by atoms with Gasteiger partial charge in [0.1, 0.15) is 0 Å². The molecule has 16 heavy (non-hydrogen) atoms. The molecule has 6 heteroatoms. The number of aliphatic carboxylic acids is 1. The van der Waals surface area contributed by atoms with Gasteiger partial charge in [0.05, 0.1) is 11.2 Å². The second-order valence-electron chi connectivity index (χ2n) is 4.95. The fourth-order valence-electron chi connectivity index (χ4n) is 2.40. The third-order valence-corrected chi connectivity index (χ3v) is 5.50. The zero-order chi connectivity index (χ0) is 11.9. The van der Waals surface area contributed by atoms with Gasteiger partial charge >= 0.3 is 5.97 Å². The van der Waals surface area contributed by atoms with E-state index in [0.717, 1.165) is 12.8 Å². The van der Waals surface area contributed by atoms with Gasteiger partial charge in [0.2, 0.25) is 10.0 Å². The first-order chi connectivity index (χ1) is 7.40. The Labute approximate surface area is 95.3 Å². The van der Waals surface area contributed by atoms with E-state index in [-0.39, 0.29) is 17.2 Å². The molecule has 2 fully saturated rings. The van der Waals surface area contributed by atoms with E-state index in [2.05, 4.69) is 4.72 Å². The molecular formula is C10H17NO4S. The Bertz CT molecular complexity index is 388. The second kappa shape index (κ2) is 4.00. The van der Waals surface area contributed by atoms with Crippen molar-refractivity contribution in [1.29, 1.82) is 0 Å². The van der Waals surface area contributed by atoms with Gasteiger partial charge in [-0.05, 0) is 31.6 Å². The molecule has 0 bridgehead atoms. The summed E-state index contributed by atoms with van der Waals surface area (Å²) in [5, 5.41) is 8.71. The highest BCUT2D eigenvalue weighted by molar-refractivity contribution is 7.90. The van der Waals surface area contributed by atoms with E-state index in [4.69, 9.17) is 5.11 Å². The Balaban J connectivity index is 1.96. The molecule has 2 unspecified atom stereocenters. The number of sulfonamides is 1. The number of hydrogen-bond donors (Lipinski definition) is 2. The van der Waals surface area contributed by atoms with E-state index in [0.29, 0.717) is 12.8 Å². The molecule has 0 aromatic rings. The van der Waals surface area contributed by atoms with Gasteiger partial charge in [-0.3, -0.25) is 4.79 Å². The second-order valence-corrected chi connectivity index (χ2v) is 6.94. The van der Waals surface area contributed by atoms with E-state index in [1.807, 2.05) is 6.92 Å². The van der Waals surface area contributed by atoms with Gasteiger partial charge in [0, 0.05) is 6.04 Å². The molecule has 92 valence electrons. The van der Waals surface area contributed by atoms with Crippen LogP contribution in [0.2, 0.25) is 0 Å². The first-order valence-corrected chi connectivity index (χ1v) is 7.18. The van der Waals surface area contributed by atoms with Crippen LogP contribution in [0, 0.1) is 11.8 Å². The highest BCUT2D eigenvalue weighted by Crippen LogP contribution is 2.34. The van der Waals surface area contributed by atoms with Crippen molar-refractivity contribution in [2.24, 2.45) is 11.8 Å². The Morgan fingerprint density at radius 1 is 1.31 bits per heavy atom. The van der Waals surface area contributed by atoms with Crippen molar-refractivity contribution in [3.05, 3.63) is 0 Å². The third-order valence-electron chi connectivity index (χ3n) is 3.49. The van der Waals surface area contributed by atoms with Crippen molar-refractivity contribution in [2.45, 2.75) is 43.9 Å². The van der Waals surface area contributed by atoms with Crippen LogP contribution in [0.1, 0.15) is 32.6 Å². The molecule has 2 N–H and O–H groups in total. The Morgan fingerprint density at radius 3 is 2.38 bits per heavy atom. The van der Waals surface area contributed by atoms with Crippen molar-refractivity contribution in [2.75, 3.05) is 0 Å². The minimum atomic E-state index is -3.19. The Morgan fingerprint density at radius 2 is 1.94 bits per heavy atom. The van der Waals surface area contributed by atoms with Gasteiger partial charge in [-0.15, -0.1) is 0 Å². The highest BCUT2D eigenvalue weighted by Gasteiger charge is 2.41. The fraction of sp³-hybridized carbons (Fsp3) is 0.900. The standard InChI is InChI=1S/C10H17NO4S/c1-6-4-7(5-9(6)10(12)13)11-16(14,15)8-2-3-8/h6-9,11H,2-5H2,1H3,(H,12,13)/t6?,7-,9?/m0/s1. The molecule has 5 nitrogen and oxygen atoms in total. The minimum Gasteiger partial charge on any atom is -0.481 e. The summed E-state index contributed by atoms with van der Waals surface area (Å²) in [4.78, 5) is 10.9. The molecule has 0 saturated heterocycles. The highest BCUT2D eigenvalue weighted by atomic mass is 32.2. The third kappa shape index (κ3) is 2.38. The maximum Gasteiger partial charge on any atom is 0.306 e. The summed E-state index contributed by atoms with van der Waals surface area (Å²) in [6.07, 6.45) is 2.52. The molecule has 2 saturated carbocycles. The molecule has 0 aliphatic heterocycles. The normalized spacial score (nSPS) is 35.2. The van der Waals surface area contributed by atoms with Crippen LogP contribution < -0.4 is 4.72 Å². The Kier molecular flexibility index (Phi) is 2.96. The average molecular weight is 247 g/mol. The van der Waals surface area contributed by atoms with Crippen molar-refractivity contribution < 1.29 is 18.3 Å². The topological polar surface area (TPSA) is 83.5 Å². The largest absolute Gasteiger partial charge is 0.481 e. The molecular weight excluding hydrogens is 230 g/mol. The molecule has 0 heterocycles. The fourth-order valence-corrected chi connectivity index (χ4v) is 4.00. The van der Waals surface area contributed by atoms with Crippen molar-refractivity contribution in [3.63, 3.8) is 0 Å². The lowest BCUT2D eigenvalue weighted by Crippen LogP contribution is -2.35. The van der Waals surface area contributed by atoms with Gasteiger partial charge < -0.3 is 5.11 Å². The van der Waals surface area contributed by atoms with Gasteiger partial charge in [0.15, 0.2) is 0 Å². The Hall–Kier alpha value is -0.620. The van der Waals surface area contributed by atoms with E-state index >= 15 is 0 Å². The molecule has 0 aromatic heterocycles. The minimum absolute atomic E-state index is 0.0457. The van der Waals surface area contributed by atoms with Crippen LogP contribution in [0.15, 0.2) is 0 Å². The van der Waals surface area contributed by atoms with Crippen LogP contribution in [0.25, 0.3) is 0 Å². The van der Waals surface area contributed by atoms with Gasteiger partial charge in [-0.1, -0.05) is 6.92 Å². The van der Waals surface area contributed by atoms with Crippen LogP contribution in [0.4, 0.5) is 0 Å². The molecule has 2 aliphatic rings. The number of carboxylic acid groups (broad SMARTS) is 1. The first kappa shape index (κ1) is 11.9. The zero-order valence-electron chi connectivity index (χ0n) is 9.22. The molecule has 2 rings (SSSR count). The molecule has 0 radical (unpaired) electrons. The maximum atomic E-state index is 11.7. The summed E-state index contributed by atoms with van der Waals surface area (Å²) in [6, 6.07) is -0.193. The van der Waals surface area contributed by atoms with Gasteiger partial charge in [-0.2, -0.15) is 0 Å². The molecule has 0 spiro atoms. The van der Waals surface area contributed by atoms with E-state index < -0.39 is 21.9 Å². The summed E-state index contributed by atoms with van der Waals surface area (Å²) in [5.41, 5.74) is 0. The average Bonchev–Trinajstić information content (AvgIpc) is 2.91. The molecule has 0 aromatic carbocycles. The van der Waals surface area contributed by atoms with Crippen LogP contribution in [-0.2, 0) is 14.8 Å². The molecule has 2 aliphatic carbocycles. The van der Waals surface area contributed by atoms with E-state index in [9.17, 15) is 13.2 Å². The summed E-state index contributed by atoms with van der Waals surface area (Å²) in [7, 11) is -3.19. The number of hydrogen-bond acceptors (Lipinski definition) is 3. The summed E-state index contributed by atoms with van der Waals surface area (Å²) < 4.78 is 26.0. The SMILES string of the molecule is CC1C[C@H](NS(=O)(=O)C2CC2)CC1C(=O)O. The molecule has 3 atom stereocenters. The lowest BCUT2D eigenvalue weighted by atomic mass is 9.99. The van der Waals surface area contributed by atoms with Crippen molar-refractivity contribution in [3.8, 4) is 0 Å². The number of nitrogens with one attached hydrogen (secondary N) is 1. The lowest BCUT2D eigenvalue weighted by Gasteiger charge is -2.12. The van der Waals surface area contributed by atoms with Gasteiger partial charge in [-0.25, -0.2) is 13.1 Å². The number of carbonyl (C=O) groups is 1. The summed E-state index contributed by atoms with van der Waals surface area (Å²) in [5.74, 6) is -1.18. The van der Waals surface area contributed by atoms with Gasteiger partial charge in [0.25, 0.3) is 0 Å². The predicted octanol–water partition coefficient (Wildman–Crippen LogP) is 0.567. The van der Waals surface area contributed by atoms with Crippen LogP contribution in [0.3, 0.4) is 0 Å². The van der Waals surface area contributed by atoms with Crippen molar-refractivity contribution in [1.82, 2.24) is 4.72 Å². The zero-order valence-corrected chi connectivity index (χ0v) is 10.0. The monoisotopic (exact) mass is 247 g/mol. The van der Waals surface area contributed by atoms with Crippen molar-refractivity contribution >= 4 is 16.0 Å². The van der Waals surface area contributed by atoms with E-state index in [1.54, 1.807) is 0 Å². The van der Waals surface area contributed by atoms with Crippen LogP contribution in [0.5, 0.6) is 0 Å². The maximum absolute atomic E-state index is 11.7. The van der Waals surface area contributed by atoms with Crippen LogP contribution in [-0.4, -0.2) is 30.8 Å². The summed E-state index contributed by atoms with van der Waals surface area (Å²) in [6.45, 7) is 1.87. The van der Waals surface area contributed by atoms with Crippen LogP contribution >= 0.6 is 0 Å². The lowest BCUT2D eigenvalue weighted by molar-refractivity contribution is -0.142. The van der Waals surface area contributed by atoms with E-state index in [1.165, 1.54) is 0 Å². The smallest absolute Gasteiger partial charge is 0.306 e. The number of rotatable bonds is 4. The summed E-state index contributed by atoms with van der Waals surface area (Å²) >= 11 is 0. The predicted molar refractivity (Wildman–Crippen MR) is 58.4 cm³/mol. The quantitative estimate of drug-likeness (QED) is 0.760. The molecule has 0 amide bonds.